The highest BCUT2D eigenvalue weighted by atomic mass is 32.2. The minimum Gasteiger partial charge on any atom is -0.342 e. The Hall–Kier alpha value is -3.65. The lowest BCUT2D eigenvalue weighted by molar-refractivity contribution is -0.127. The average Bonchev–Trinajstić information content (AvgIpc) is 3.54. The fraction of sp³-hybridized carbons (Fsp3) is 0.200. The highest BCUT2D eigenvalue weighted by Gasteiger charge is 2.19. The molecule has 0 saturated carbocycles. The Kier molecular flexibility index (Phi) is 6.08. The topological polar surface area (TPSA) is 80.1 Å². The Labute approximate surface area is 195 Å². The lowest BCUT2D eigenvalue weighted by Gasteiger charge is -2.15. The van der Waals surface area contributed by atoms with E-state index in [0.717, 1.165) is 47.7 Å². The predicted octanol–water partition coefficient (Wildman–Crippen LogP) is 4.39. The maximum Gasteiger partial charge on any atom is 0.256 e. The van der Waals surface area contributed by atoms with Gasteiger partial charge in [-0.2, -0.15) is 0 Å². The number of carbonyl (C=O) groups excluding carboxylic acids is 2. The van der Waals surface area contributed by atoms with E-state index in [2.05, 4.69) is 15.3 Å². The molecule has 5 rings (SSSR count). The van der Waals surface area contributed by atoms with Crippen LogP contribution in [0.5, 0.6) is 0 Å². The summed E-state index contributed by atoms with van der Waals surface area (Å²) in [5, 5.41) is 2.92. The van der Waals surface area contributed by atoms with Crippen LogP contribution < -0.4 is 5.32 Å². The Morgan fingerprint density at radius 1 is 0.939 bits per heavy atom. The van der Waals surface area contributed by atoms with Crippen molar-refractivity contribution in [3.05, 3.63) is 78.8 Å². The summed E-state index contributed by atoms with van der Waals surface area (Å²) < 4.78 is 1.91. The molecule has 2 aromatic heterocycles. The molecule has 0 unspecified atom stereocenters. The van der Waals surface area contributed by atoms with Crippen molar-refractivity contribution in [2.75, 3.05) is 24.2 Å². The van der Waals surface area contributed by atoms with E-state index in [0.29, 0.717) is 17.0 Å². The third-order valence-electron chi connectivity index (χ3n) is 5.65. The number of benzene rings is 2. The number of nitrogens with one attached hydrogen (secondary N) is 1. The van der Waals surface area contributed by atoms with Gasteiger partial charge in [0, 0.05) is 18.0 Å². The van der Waals surface area contributed by atoms with Gasteiger partial charge in [-0.05, 0) is 49.2 Å². The molecule has 0 bridgehead atoms. The first-order valence-corrected chi connectivity index (χ1v) is 11.9. The summed E-state index contributed by atoms with van der Waals surface area (Å²) in [6.45, 7) is 1.67. The van der Waals surface area contributed by atoms with Crippen molar-refractivity contribution in [3.8, 4) is 5.82 Å². The summed E-state index contributed by atoms with van der Waals surface area (Å²) in [7, 11) is 0. The van der Waals surface area contributed by atoms with Gasteiger partial charge in [-0.25, -0.2) is 9.97 Å². The number of para-hydroxylation sites is 2. The van der Waals surface area contributed by atoms with Crippen molar-refractivity contribution in [3.63, 3.8) is 0 Å². The standard InChI is InChI=1S/C25H23N5O2S/c31-24(29-13-5-6-14-29)16-33-22-10-4-1-7-19(22)25(32)28-18-11-12-23(26-15-18)30-17-27-20-8-2-3-9-21(20)30/h1-4,7-12,15,17H,5-6,13-14,16H2,(H,28,32). The normalized spacial score (nSPS) is 13.4. The summed E-state index contributed by atoms with van der Waals surface area (Å²) >= 11 is 1.40. The summed E-state index contributed by atoms with van der Waals surface area (Å²) in [6, 6.07) is 18.9. The number of aromatic nitrogens is 3. The molecule has 166 valence electrons. The molecule has 0 radical (unpaired) electrons. The first-order chi connectivity index (χ1) is 16.2. The first kappa shape index (κ1) is 21.2. The van der Waals surface area contributed by atoms with Crippen molar-refractivity contribution >= 4 is 40.3 Å². The van der Waals surface area contributed by atoms with Gasteiger partial charge in [-0.15, -0.1) is 11.8 Å². The number of fused-ring (bicyclic) bond motifs is 1. The molecule has 33 heavy (non-hydrogen) atoms. The molecule has 1 aliphatic heterocycles. The molecule has 0 aliphatic carbocycles. The van der Waals surface area contributed by atoms with Crippen molar-refractivity contribution in [2.24, 2.45) is 0 Å². The van der Waals surface area contributed by atoms with Crippen LogP contribution in [-0.4, -0.2) is 50.1 Å². The van der Waals surface area contributed by atoms with Crippen molar-refractivity contribution < 1.29 is 9.59 Å². The minimum absolute atomic E-state index is 0.125. The first-order valence-electron chi connectivity index (χ1n) is 10.9. The Balaban J connectivity index is 1.27. The maximum absolute atomic E-state index is 13.0. The Morgan fingerprint density at radius 2 is 1.73 bits per heavy atom. The lowest BCUT2D eigenvalue weighted by Crippen LogP contribution is -2.29. The second-order valence-electron chi connectivity index (χ2n) is 7.84. The molecular formula is C25H23N5O2S. The predicted molar refractivity (Wildman–Crippen MR) is 130 cm³/mol. The SMILES string of the molecule is O=C(Nc1ccc(-n2cnc3ccccc32)nc1)c1ccccc1SCC(=O)N1CCCC1. The van der Waals surface area contributed by atoms with Crippen LogP contribution in [0.2, 0.25) is 0 Å². The summed E-state index contributed by atoms with van der Waals surface area (Å²) in [4.78, 5) is 36.9. The molecule has 1 aliphatic rings. The third-order valence-corrected chi connectivity index (χ3v) is 6.71. The molecule has 3 heterocycles. The van der Waals surface area contributed by atoms with E-state index >= 15 is 0 Å². The molecule has 1 saturated heterocycles. The second kappa shape index (κ2) is 9.46. The van der Waals surface area contributed by atoms with Crippen molar-refractivity contribution in [2.45, 2.75) is 17.7 Å². The van der Waals surface area contributed by atoms with Gasteiger partial charge in [0.25, 0.3) is 5.91 Å². The van der Waals surface area contributed by atoms with Crippen molar-refractivity contribution in [1.82, 2.24) is 19.4 Å². The number of rotatable bonds is 6. The van der Waals surface area contributed by atoms with Crippen LogP contribution in [0.25, 0.3) is 16.9 Å². The van der Waals surface area contributed by atoms with Gasteiger partial charge in [0.1, 0.15) is 12.1 Å². The Bertz CT molecular complexity index is 1300. The van der Waals surface area contributed by atoms with Crippen LogP contribution in [0, 0.1) is 0 Å². The second-order valence-corrected chi connectivity index (χ2v) is 8.85. The smallest absolute Gasteiger partial charge is 0.256 e. The van der Waals surface area contributed by atoms with E-state index in [-0.39, 0.29) is 11.8 Å². The Morgan fingerprint density at radius 3 is 2.55 bits per heavy atom. The zero-order chi connectivity index (χ0) is 22.6. The zero-order valence-electron chi connectivity index (χ0n) is 18.0. The van der Waals surface area contributed by atoms with Crippen LogP contribution >= 0.6 is 11.8 Å². The van der Waals surface area contributed by atoms with Crippen LogP contribution in [0.1, 0.15) is 23.2 Å². The summed E-state index contributed by atoms with van der Waals surface area (Å²) in [6.07, 6.45) is 5.51. The molecule has 0 atom stereocenters. The summed E-state index contributed by atoms with van der Waals surface area (Å²) in [5.41, 5.74) is 3.01. The molecule has 7 nitrogen and oxygen atoms in total. The van der Waals surface area contributed by atoms with Crippen LogP contribution in [0.4, 0.5) is 5.69 Å². The summed E-state index contributed by atoms with van der Waals surface area (Å²) in [5.74, 6) is 0.950. The lowest BCUT2D eigenvalue weighted by atomic mass is 10.2. The number of thioether (sulfide) groups is 1. The van der Waals surface area contributed by atoms with Gasteiger partial charge in [0.15, 0.2) is 0 Å². The number of hydrogen-bond donors (Lipinski definition) is 1. The van der Waals surface area contributed by atoms with E-state index in [1.807, 2.05) is 64.1 Å². The van der Waals surface area contributed by atoms with Gasteiger partial charge in [0.2, 0.25) is 5.91 Å². The maximum atomic E-state index is 13.0. The molecule has 2 aromatic carbocycles. The van der Waals surface area contributed by atoms with E-state index in [9.17, 15) is 9.59 Å². The highest BCUT2D eigenvalue weighted by Crippen LogP contribution is 2.25. The molecule has 8 heteroatoms. The highest BCUT2D eigenvalue weighted by molar-refractivity contribution is 8.00. The van der Waals surface area contributed by atoms with Crippen molar-refractivity contribution in [1.29, 1.82) is 0 Å². The number of imidazole rings is 1. The number of pyridine rings is 1. The largest absolute Gasteiger partial charge is 0.342 e. The molecule has 1 N–H and O–H groups in total. The van der Waals surface area contributed by atoms with Crippen LogP contribution in [0.3, 0.4) is 0 Å². The van der Waals surface area contributed by atoms with Gasteiger partial charge < -0.3 is 10.2 Å². The number of carbonyl (C=O) groups is 2. The third kappa shape index (κ3) is 4.61. The van der Waals surface area contributed by atoms with Gasteiger partial charge >= 0.3 is 0 Å². The number of amides is 2. The van der Waals surface area contributed by atoms with Crippen LogP contribution in [0.15, 0.2) is 78.1 Å². The monoisotopic (exact) mass is 457 g/mol. The fourth-order valence-corrected chi connectivity index (χ4v) is 4.87. The number of hydrogen-bond acceptors (Lipinski definition) is 5. The van der Waals surface area contributed by atoms with E-state index in [1.165, 1.54) is 11.8 Å². The van der Waals surface area contributed by atoms with Gasteiger partial charge in [0.05, 0.1) is 34.2 Å². The van der Waals surface area contributed by atoms with Crippen LogP contribution in [-0.2, 0) is 4.79 Å². The molecular weight excluding hydrogens is 434 g/mol. The van der Waals surface area contributed by atoms with Gasteiger partial charge in [-0.3, -0.25) is 14.2 Å². The molecule has 0 spiro atoms. The number of anilines is 1. The van der Waals surface area contributed by atoms with E-state index in [4.69, 9.17) is 0 Å². The van der Waals surface area contributed by atoms with E-state index in [1.54, 1.807) is 18.6 Å². The van der Waals surface area contributed by atoms with Gasteiger partial charge in [-0.1, -0.05) is 24.3 Å². The quantitative estimate of drug-likeness (QED) is 0.435. The molecule has 4 aromatic rings. The average molecular weight is 458 g/mol. The number of likely N-dealkylation sites (tertiary alicyclic amines) is 1. The zero-order valence-corrected chi connectivity index (χ0v) is 18.8. The molecule has 1 fully saturated rings. The minimum atomic E-state index is -0.227. The van der Waals surface area contributed by atoms with E-state index < -0.39 is 0 Å². The molecule has 2 amide bonds. The fourth-order valence-electron chi connectivity index (χ4n) is 3.92. The number of nitrogens with zero attached hydrogens (tertiary/aromatic N) is 4.